The molecule has 0 aliphatic carbocycles. The topological polar surface area (TPSA) is 94.6 Å². The van der Waals surface area contributed by atoms with Gasteiger partial charge in [0.1, 0.15) is 5.75 Å². The van der Waals surface area contributed by atoms with E-state index in [-0.39, 0.29) is 0 Å². The van der Waals surface area contributed by atoms with Crippen LogP contribution < -0.4 is 4.74 Å². The number of sulfonamides is 1. The predicted molar refractivity (Wildman–Crippen MR) is 134 cm³/mol. The van der Waals surface area contributed by atoms with Crippen LogP contribution in [0.1, 0.15) is 34.6 Å². The molecule has 35 heavy (non-hydrogen) atoms. The van der Waals surface area contributed by atoms with E-state index < -0.39 is 10.0 Å². The Morgan fingerprint density at radius 3 is 2.63 bits per heavy atom. The Labute approximate surface area is 204 Å². The van der Waals surface area contributed by atoms with Crippen LogP contribution in [0.4, 0.5) is 0 Å². The van der Waals surface area contributed by atoms with E-state index in [1.54, 1.807) is 13.4 Å². The van der Waals surface area contributed by atoms with Crippen LogP contribution in [-0.4, -0.2) is 63.3 Å². The molecule has 182 valence electrons. The first-order valence-corrected chi connectivity index (χ1v) is 13.2. The standard InChI is InChI=1S/C25H28N6O3S/c1-17-11-21(20-7-9-30(10-8-20)35(4,32)33)25-27-24(28-31(25)14-17)13-19-5-6-22(23(12-19)34-3)29-15-18(2)26-16-29/h5-7,11-12,14-16H,8-10,13H2,1-4H3. The van der Waals surface area contributed by atoms with Gasteiger partial charge in [-0.1, -0.05) is 12.1 Å². The molecule has 4 aromatic rings. The van der Waals surface area contributed by atoms with E-state index in [0.717, 1.165) is 45.0 Å². The van der Waals surface area contributed by atoms with Crippen molar-refractivity contribution in [3.8, 4) is 11.4 Å². The molecule has 0 saturated carbocycles. The smallest absolute Gasteiger partial charge is 0.211 e. The Bertz CT molecular complexity index is 1550. The summed E-state index contributed by atoms with van der Waals surface area (Å²) in [7, 11) is -1.54. The van der Waals surface area contributed by atoms with Gasteiger partial charge >= 0.3 is 0 Å². The zero-order chi connectivity index (χ0) is 24.7. The quantitative estimate of drug-likeness (QED) is 0.410. The van der Waals surface area contributed by atoms with Crippen molar-refractivity contribution >= 4 is 21.2 Å². The molecule has 0 radical (unpaired) electrons. The van der Waals surface area contributed by atoms with Gasteiger partial charge in [0, 0.05) is 37.5 Å². The Morgan fingerprint density at radius 1 is 1.14 bits per heavy atom. The third-order valence-electron chi connectivity index (χ3n) is 6.20. The molecule has 9 nitrogen and oxygen atoms in total. The highest BCUT2D eigenvalue weighted by Gasteiger charge is 2.22. The van der Waals surface area contributed by atoms with Gasteiger partial charge in [0.2, 0.25) is 10.0 Å². The minimum atomic E-state index is -3.20. The van der Waals surface area contributed by atoms with Gasteiger partial charge in [-0.15, -0.1) is 0 Å². The van der Waals surface area contributed by atoms with E-state index in [0.29, 0.717) is 31.8 Å². The number of imidazole rings is 1. The van der Waals surface area contributed by atoms with Crippen molar-refractivity contribution in [1.82, 2.24) is 28.5 Å². The van der Waals surface area contributed by atoms with E-state index in [1.807, 2.05) is 53.5 Å². The Hall–Kier alpha value is -3.50. The summed E-state index contributed by atoms with van der Waals surface area (Å²) in [5, 5.41) is 4.73. The van der Waals surface area contributed by atoms with Gasteiger partial charge in [0.15, 0.2) is 11.5 Å². The average Bonchev–Trinajstić information content (AvgIpc) is 3.43. The fourth-order valence-electron chi connectivity index (χ4n) is 4.45. The maximum Gasteiger partial charge on any atom is 0.211 e. The summed E-state index contributed by atoms with van der Waals surface area (Å²) in [5.74, 6) is 1.46. The number of fused-ring (bicyclic) bond motifs is 1. The molecule has 0 N–H and O–H groups in total. The number of hydrogen-bond donors (Lipinski definition) is 0. The third kappa shape index (κ3) is 4.71. The summed E-state index contributed by atoms with van der Waals surface area (Å²) in [4.78, 5) is 9.16. The van der Waals surface area contributed by atoms with Crippen LogP contribution in [0.25, 0.3) is 16.9 Å². The molecule has 0 amide bonds. The number of rotatable bonds is 6. The maximum absolute atomic E-state index is 11.9. The lowest BCUT2D eigenvalue weighted by Crippen LogP contribution is -2.33. The predicted octanol–water partition coefficient (Wildman–Crippen LogP) is 3.18. The molecule has 0 unspecified atom stereocenters. The summed E-state index contributed by atoms with van der Waals surface area (Å²) in [6.45, 7) is 4.82. The fraction of sp³-hybridized carbons (Fsp3) is 0.320. The minimum Gasteiger partial charge on any atom is -0.495 e. The largest absolute Gasteiger partial charge is 0.495 e. The van der Waals surface area contributed by atoms with Crippen molar-refractivity contribution in [1.29, 1.82) is 0 Å². The number of pyridine rings is 1. The van der Waals surface area contributed by atoms with Crippen molar-refractivity contribution in [3.63, 3.8) is 0 Å². The molecule has 1 aliphatic heterocycles. The fourth-order valence-corrected chi connectivity index (χ4v) is 5.22. The van der Waals surface area contributed by atoms with Crippen LogP contribution in [0.3, 0.4) is 0 Å². The molecule has 1 aromatic carbocycles. The van der Waals surface area contributed by atoms with Gasteiger partial charge in [0.05, 0.1) is 31.1 Å². The number of aromatic nitrogens is 5. The Balaban J connectivity index is 1.45. The monoisotopic (exact) mass is 492 g/mol. The molecule has 10 heteroatoms. The normalized spacial score (nSPS) is 14.9. The average molecular weight is 493 g/mol. The lowest BCUT2D eigenvalue weighted by atomic mass is 10.0. The van der Waals surface area contributed by atoms with Crippen molar-refractivity contribution in [3.05, 3.63) is 77.3 Å². The second-order valence-electron chi connectivity index (χ2n) is 8.93. The highest BCUT2D eigenvalue weighted by Crippen LogP contribution is 2.29. The molecule has 0 atom stereocenters. The van der Waals surface area contributed by atoms with Gasteiger partial charge in [-0.2, -0.15) is 9.40 Å². The van der Waals surface area contributed by atoms with Crippen molar-refractivity contribution in [2.45, 2.75) is 26.7 Å². The maximum atomic E-state index is 11.9. The molecular weight excluding hydrogens is 464 g/mol. The van der Waals surface area contributed by atoms with Gasteiger partial charge in [-0.3, -0.25) is 0 Å². The van der Waals surface area contributed by atoms with E-state index in [9.17, 15) is 8.42 Å². The second-order valence-corrected chi connectivity index (χ2v) is 10.9. The Kier molecular flexibility index (Phi) is 5.94. The lowest BCUT2D eigenvalue weighted by Gasteiger charge is -2.24. The van der Waals surface area contributed by atoms with Gasteiger partial charge in [-0.05, 0) is 55.2 Å². The van der Waals surface area contributed by atoms with Gasteiger partial charge in [0.25, 0.3) is 0 Å². The van der Waals surface area contributed by atoms with E-state index >= 15 is 0 Å². The van der Waals surface area contributed by atoms with Crippen molar-refractivity contribution < 1.29 is 13.2 Å². The van der Waals surface area contributed by atoms with Crippen molar-refractivity contribution in [2.75, 3.05) is 26.5 Å². The highest BCUT2D eigenvalue weighted by molar-refractivity contribution is 7.88. The van der Waals surface area contributed by atoms with Crippen LogP contribution in [0.2, 0.25) is 0 Å². The molecule has 0 fully saturated rings. The van der Waals surface area contributed by atoms with Gasteiger partial charge < -0.3 is 9.30 Å². The first-order chi connectivity index (χ1) is 16.7. The van der Waals surface area contributed by atoms with Crippen LogP contribution in [0, 0.1) is 13.8 Å². The summed E-state index contributed by atoms with van der Waals surface area (Å²) in [5.41, 5.74) is 6.84. The summed E-state index contributed by atoms with van der Waals surface area (Å²) < 4.78 is 34.7. The number of nitrogens with zero attached hydrogens (tertiary/aromatic N) is 6. The lowest BCUT2D eigenvalue weighted by molar-refractivity contribution is 0.412. The highest BCUT2D eigenvalue weighted by atomic mass is 32.2. The number of ether oxygens (including phenoxy) is 1. The van der Waals surface area contributed by atoms with E-state index in [2.05, 4.69) is 17.1 Å². The molecule has 4 heterocycles. The first-order valence-electron chi connectivity index (χ1n) is 11.4. The van der Waals surface area contributed by atoms with E-state index in [1.165, 1.54) is 10.6 Å². The molecule has 0 spiro atoms. The third-order valence-corrected chi connectivity index (χ3v) is 7.47. The van der Waals surface area contributed by atoms with Crippen LogP contribution in [0.5, 0.6) is 5.75 Å². The SMILES string of the molecule is COc1cc(Cc2nc3c(C4=CCN(S(C)(=O)=O)CC4)cc(C)cn3n2)ccc1-n1cnc(C)c1. The zero-order valence-electron chi connectivity index (χ0n) is 20.3. The molecule has 0 bridgehead atoms. The van der Waals surface area contributed by atoms with E-state index in [4.69, 9.17) is 14.8 Å². The zero-order valence-corrected chi connectivity index (χ0v) is 21.1. The number of methoxy groups -OCH3 is 1. The molecule has 0 saturated heterocycles. The van der Waals surface area contributed by atoms with Crippen LogP contribution in [0.15, 0.2) is 49.1 Å². The summed E-state index contributed by atoms with van der Waals surface area (Å²) in [6, 6.07) is 8.17. The Morgan fingerprint density at radius 2 is 1.97 bits per heavy atom. The summed E-state index contributed by atoms with van der Waals surface area (Å²) >= 11 is 0. The minimum absolute atomic E-state index is 0.373. The van der Waals surface area contributed by atoms with Gasteiger partial charge in [-0.25, -0.2) is 22.9 Å². The first kappa shape index (κ1) is 23.3. The number of aryl methyl sites for hydroxylation is 2. The van der Waals surface area contributed by atoms with Crippen LogP contribution in [-0.2, 0) is 16.4 Å². The molecule has 5 rings (SSSR count). The van der Waals surface area contributed by atoms with Crippen LogP contribution >= 0.6 is 0 Å². The van der Waals surface area contributed by atoms with Crippen molar-refractivity contribution in [2.24, 2.45) is 0 Å². The molecule has 3 aromatic heterocycles. The summed E-state index contributed by atoms with van der Waals surface area (Å²) in [6.07, 6.45) is 10.1. The molecule has 1 aliphatic rings. The second kappa shape index (κ2) is 8.94. The number of benzene rings is 1. The number of hydrogen-bond acceptors (Lipinski definition) is 6. The molecular formula is C25H28N6O3S.